The van der Waals surface area contributed by atoms with Crippen molar-refractivity contribution in [2.24, 2.45) is 0 Å². The molecule has 0 amide bonds. The van der Waals surface area contributed by atoms with Gasteiger partial charge in [0, 0.05) is 10.9 Å². The summed E-state index contributed by atoms with van der Waals surface area (Å²) in [5.41, 5.74) is 1.35. The van der Waals surface area contributed by atoms with Crippen LogP contribution < -0.4 is 0 Å². The summed E-state index contributed by atoms with van der Waals surface area (Å²) in [6.45, 7) is 1.52. The Balaban J connectivity index is 2.72. The van der Waals surface area contributed by atoms with E-state index < -0.39 is 0 Å². The Hall–Kier alpha value is -1.28. The van der Waals surface area contributed by atoms with Gasteiger partial charge in [0.15, 0.2) is 5.78 Å². The molecule has 0 bridgehead atoms. The zero-order valence-corrected chi connectivity index (χ0v) is 7.76. The molecule has 0 unspecified atom stereocenters. The van der Waals surface area contributed by atoms with Gasteiger partial charge < -0.3 is 4.42 Å². The summed E-state index contributed by atoms with van der Waals surface area (Å²) in [5.74, 6) is 0.0270. The van der Waals surface area contributed by atoms with Crippen LogP contribution in [0.4, 0.5) is 0 Å². The van der Waals surface area contributed by atoms with Crippen molar-refractivity contribution in [3.05, 3.63) is 35.0 Å². The number of Topliss-reactive ketones (excluding diaryl/α,β-unsaturated/α-hetero) is 1. The monoisotopic (exact) mass is 194 g/mol. The Labute approximate surface area is 80.1 Å². The second-order valence-electron chi connectivity index (χ2n) is 2.85. The fourth-order valence-corrected chi connectivity index (χ4v) is 1.41. The van der Waals surface area contributed by atoms with Crippen LogP contribution in [0.5, 0.6) is 0 Å². The normalized spacial score (nSPS) is 10.6. The van der Waals surface area contributed by atoms with Crippen molar-refractivity contribution in [1.29, 1.82) is 0 Å². The lowest BCUT2D eigenvalue weighted by atomic mass is 10.1. The van der Waals surface area contributed by atoms with Gasteiger partial charge in [0.2, 0.25) is 0 Å². The second-order valence-corrected chi connectivity index (χ2v) is 3.26. The van der Waals surface area contributed by atoms with Gasteiger partial charge in [-0.3, -0.25) is 4.79 Å². The highest BCUT2D eigenvalue weighted by Crippen LogP contribution is 2.26. The molecule has 0 aliphatic heterocycles. The van der Waals surface area contributed by atoms with Crippen LogP contribution >= 0.6 is 11.6 Å². The maximum Gasteiger partial charge on any atom is 0.159 e. The van der Waals surface area contributed by atoms with Crippen LogP contribution in [-0.4, -0.2) is 5.78 Å². The molecule has 1 aromatic carbocycles. The second kappa shape index (κ2) is 2.89. The molecule has 0 spiro atoms. The smallest absolute Gasteiger partial charge is 0.159 e. The van der Waals surface area contributed by atoms with E-state index in [9.17, 15) is 4.79 Å². The maximum atomic E-state index is 11.0. The molecule has 0 fully saturated rings. The van der Waals surface area contributed by atoms with E-state index in [0.717, 1.165) is 5.39 Å². The van der Waals surface area contributed by atoms with E-state index >= 15 is 0 Å². The van der Waals surface area contributed by atoms with Crippen LogP contribution in [0.3, 0.4) is 0 Å². The first-order chi connectivity index (χ1) is 6.18. The van der Waals surface area contributed by atoms with Gasteiger partial charge in [0.25, 0.3) is 0 Å². The average molecular weight is 195 g/mol. The van der Waals surface area contributed by atoms with E-state index in [1.165, 1.54) is 13.2 Å². The summed E-state index contributed by atoms with van der Waals surface area (Å²) >= 11 is 5.84. The highest BCUT2D eigenvalue weighted by Gasteiger charge is 2.06. The molecule has 3 heteroatoms. The summed E-state index contributed by atoms with van der Waals surface area (Å²) in [7, 11) is 0. The Kier molecular flexibility index (Phi) is 1.85. The SMILES string of the molecule is CC(=O)c1ccc2occ(Cl)c2c1. The van der Waals surface area contributed by atoms with E-state index in [1.54, 1.807) is 18.2 Å². The molecule has 2 rings (SSSR count). The van der Waals surface area contributed by atoms with Crippen molar-refractivity contribution in [2.75, 3.05) is 0 Å². The Bertz CT molecular complexity index is 471. The van der Waals surface area contributed by atoms with Gasteiger partial charge >= 0.3 is 0 Å². The van der Waals surface area contributed by atoms with E-state index in [4.69, 9.17) is 16.0 Å². The van der Waals surface area contributed by atoms with Crippen LogP contribution in [0.15, 0.2) is 28.9 Å². The van der Waals surface area contributed by atoms with E-state index in [2.05, 4.69) is 0 Å². The Morgan fingerprint density at radius 1 is 1.46 bits per heavy atom. The third-order valence-electron chi connectivity index (χ3n) is 1.93. The predicted octanol–water partition coefficient (Wildman–Crippen LogP) is 3.29. The number of halogens is 1. The minimum absolute atomic E-state index is 0.0270. The molecule has 13 heavy (non-hydrogen) atoms. The van der Waals surface area contributed by atoms with Crippen molar-refractivity contribution in [3.8, 4) is 0 Å². The van der Waals surface area contributed by atoms with Crippen LogP contribution in [0, 0.1) is 0 Å². The van der Waals surface area contributed by atoms with Gasteiger partial charge in [-0.05, 0) is 25.1 Å². The van der Waals surface area contributed by atoms with Crippen molar-refractivity contribution < 1.29 is 9.21 Å². The molecule has 2 nitrogen and oxygen atoms in total. The standard InChI is InChI=1S/C10H7ClO2/c1-6(12)7-2-3-10-8(4-7)9(11)5-13-10/h2-5H,1H3. The largest absolute Gasteiger partial charge is 0.463 e. The molecular formula is C10H7ClO2. The molecule has 0 radical (unpaired) electrons. The summed E-state index contributed by atoms with van der Waals surface area (Å²) in [6, 6.07) is 5.21. The number of hydrogen-bond donors (Lipinski definition) is 0. The summed E-state index contributed by atoms with van der Waals surface area (Å²) in [5, 5.41) is 1.33. The molecule has 1 aromatic heterocycles. The average Bonchev–Trinajstić information content (AvgIpc) is 2.47. The first kappa shape index (κ1) is 8.32. The predicted molar refractivity (Wildman–Crippen MR) is 51.2 cm³/mol. The summed E-state index contributed by atoms with van der Waals surface area (Å²) in [6.07, 6.45) is 1.47. The quantitative estimate of drug-likeness (QED) is 0.652. The Morgan fingerprint density at radius 3 is 2.92 bits per heavy atom. The van der Waals surface area contributed by atoms with E-state index in [-0.39, 0.29) is 5.78 Å². The summed E-state index contributed by atoms with van der Waals surface area (Å²) in [4.78, 5) is 11.0. The van der Waals surface area contributed by atoms with Gasteiger partial charge in [0.1, 0.15) is 11.8 Å². The molecule has 0 aliphatic rings. The highest BCUT2D eigenvalue weighted by molar-refractivity contribution is 6.35. The van der Waals surface area contributed by atoms with Crippen molar-refractivity contribution in [1.82, 2.24) is 0 Å². The molecule has 0 saturated carbocycles. The molecular weight excluding hydrogens is 188 g/mol. The number of fused-ring (bicyclic) bond motifs is 1. The van der Waals surface area contributed by atoms with Crippen LogP contribution in [0.2, 0.25) is 5.02 Å². The molecule has 0 saturated heterocycles. The molecule has 0 aliphatic carbocycles. The lowest BCUT2D eigenvalue weighted by Crippen LogP contribution is -1.89. The third-order valence-corrected chi connectivity index (χ3v) is 2.23. The van der Waals surface area contributed by atoms with Crippen LogP contribution in [-0.2, 0) is 0 Å². The molecule has 0 N–H and O–H groups in total. The minimum atomic E-state index is 0.0270. The number of carbonyl (C=O) groups excluding carboxylic acids is 1. The van der Waals surface area contributed by atoms with Gasteiger partial charge in [-0.15, -0.1) is 0 Å². The first-order valence-electron chi connectivity index (χ1n) is 3.86. The van der Waals surface area contributed by atoms with E-state index in [1.807, 2.05) is 0 Å². The lowest BCUT2D eigenvalue weighted by Gasteiger charge is -1.94. The lowest BCUT2D eigenvalue weighted by molar-refractivity contribution is 0.101. The molecule has 66 valence electrons. The third kappa shape index (κ3) is 1.33. The summed E-state index contributed by atoms with van der Waals surface area (Å²) < 4.78 is 5.14. The van der Waals surface area contributed by atoms with Crippen molar-refractivity contribution >= 4 is 28.4 Å². The van der Waals surface area contributed by atoms with Crippen molar-refractivity contribution in [3.63, 3.8) is 0 Å². The zero-order valence-electron chi connectivity index (χ0n) is 7.00. The van der Waals surface area contributed by atoms with Crippen LogP contribution in [0.25, 0.3) is 11.0 Å². The van der Waals surface area contributed by atoms with Crippen LogP contribution in [0.1, 0.15) is 17.3 Å². The number of rotatable bonds is 1. The highest BCUT2D eigenvalue weighted by atomic mass is 35.5. The number of hydrogen-bond acceptors (Lipinski definition) is 2. The van der Waals surface area contributed by atoms with E-state index in [0.29, 0.717) is 16.2 Å². The van der Waals surface area contributed by atoms with Gasteiger partial charge in [-0.25, -0.2) is 0 Å². The number of benzene rings is 1. The van der Waals surface area contributed by atoms with Gasteiger partial charge in [0.05, 0.1) is 5.02 Å². The number of ketones is 1. The van der Waals surface area contributed by atoms with Gasteiger partial charge in [-0.1, -0.05) is 11.6 Å². The number of furan rings is 1. The Morgan fingerprint density at radius 2 is 2.23 bits per heavy atom. The zero-order chi connectivity index (χ0) is 9.42. The van der Waals surface area contributed by atoms with Crippen molar-refractivity contribution in [2.45, 2.75) is 6.92 Å². The van der Waals surface area contributed by atoms with Gasteiger partial charge in [-0.2, -0.15) is 0 Å². The first-order valence-corrected chi connectivity index (χ1v) is 4.24. The fraction of sp³-hybridized carbons (Fsp3) is 0.100. The maximum absolute atomic E-state index is 11.0. The molecule has 1 heterocycles. The number of carbonyl (C=O) groups is 1. The molecule has 2 aromatic rings. The molecule has 0 atom stereocenters. The fourth-order valence-electron chi connectivity index (χ4n) is 1.22. The topological polar surface area (TPSA) is 30.2 Å². The minimum Gasteiger partial charge on any atom is -0.463 e.